The fraction of sp³-hybridized carbons (Fsp3) is 0.273. The molecular weight excluding hydrogens is 418 g/mol. The number of pyridine rings is 1. The zero-order valence-electron chi connectivity index (χ0n) is 17.0. The molecule has 8 nitrogen and oxygen atoms in total. The third kappa shape index (κ3) is 4.73. The van der Waals surface area contributed by atoms with E-state index in [0.717, 1.165) is 16.8 Å². The summed E-state index contributed by atoms with van der Waals surface area (Å²) in [5.41, 5.74) is 1.76. The van der Waals surface area contributed by atoms with Gasteiger partial charge in [-0.15, -0.1) is 0 Å². The molecule has 31 heavy (non-hydrogen) atoms. The molecule has 1 aliphatic rings. The second kappa shape index (κ2) is 9.23. The van der Waals surface area contributed by atoms with Gasteiger partial charge in [0.05, 0.1) is 25.3 Å². The first kappa shape index (κ1) is 21.0. The Morgan fingerprint density at radius 3 is 2.68 bits per heavy atom. The van der Waals surface area contributed by atoms with Gasteiger partial charge in [-0.1, -0.05) is 0 Å². The number of ether oxygens (including phenoxy) is 3. The lowest BCUT2D eigenvalue weighted by Crippen LogP contribution is -2.37. The lowest BCUT2D eigenvalue weighted by atomic mass is 10.1. The summed E-state index contributed by atoms with van der Waals surface area (Å²) in [5, 5.41) is 13.9. The monoisotopic (exact) mass is 441 g/mol. The van der Waals surface area contributed by atoms with Crippen LogP contribution >= 0.6 is 12.2 Å². The maximum atomic E-state index is 12.7. The molecule has 0 spiro atoms. The number of fused-ring (bicyclic) bond motifs is 2. The van der Waals surface area contributed by atoms with E-state index in [-0.39, 0.29) is 32.0 Å². The molecule has 0 fully saturated rings. The highest BCUT2D eigenvalue weighted by Crippen LogP contribution is 2.35. The van der Waals surface area contributed by atoms with Crippen molar-refractivity contribution in [3.63, 3.8) is 0 Å². The number of benzene rings is 2. The Morgan fingerprint density at radius 2 is 1.97 bits per heavy atom. The van der Waals surface area contributed by atoms with Gasteiger partial charge in [-0.25, -0.2) is 0 Å². The molecule has 2 heterocycles. The van der Waals surface area contributed by atoms with Crippen molar-refractivity contribution in [3.8, 4) is 17.2 Å². The van der Waals surface area contributed by atoms with Crippen LogP contribution in [0.4, 0.5) is 5.69 Å². The Hall–Kier alpha value is -3.30. The first-order chi connectivity index (χ1) is 15.1. The molecule has 0 atom stereocenters. The molecule has 0 unspecified atom stereocenters. The number of nitrogens with zero attached hydrogens (tertiary/aromatic N) is 1. The predicted molar refractivity (Wildman–Crippen MR) is 122 cm³/mol. The number of hydrogen-bond donors (Lipinski definition) is 3. The van der Waals surface area contributed by atoms with Crippen LogP contribution < -0.4 is 25.1 Å². The number of aromatic amines is 1. The molecule has 0 saturated heterocycles. The van der Waals surface area contributed by atoms with E-state index in [2.05, 4.69) is 10.3 Å². The number of aromatic nitrogens is 1. The average molecular weight is 442 g/mol. The molecule has 1 aliphatic heterocycles. The molecule has 9 heteroatoms. The van der Waals surface area contributed by atoms with E-state index >= 15 is 0 Å². The standard InChI is InChI=1S/C22H23N3O5S/c1-2-28-17-5-3-16(4-6-17)23-22(31)25(7-8-26)12-15-9-14-10-19-20(30-13-29-19)11-18(14)24-21(15)27/h3-6,9-11,26H,2,7-8,12-13H2,1H3,(H,23,31)(H,24,27). The van der Waals surface area contributed by atoms with Gasteiger partial charge in [-0.05, 0) is 55.5 Å². The first-order valence-corrected chi connectivity index (χ1v) is 10.3. The lowest BCUT2D eigenvalue weighted by Gasteiger charge is -2.25. The van der Waals surface area contributed by atoms with Crippen LogP contribution in [0.3, 0.4) is 0 Å². The van der Waals surface area contributed by atoms with E-state index in [4.69, 9.17) is 26.4 Å². The molecule has 162 valence electrons. The minimum atomic E-state index is -0.224. The van der Waals surface area contributed by atoms with Gasteiger partial charge >= 0.3 is 0 Å². The Labute approximate surface area is 184 Å². The Morgan fingerprint density at radius 1 is 1.23 bits per heavy atom. The number of anilines is 1. The topological polar surface area (TPSA) is 96.1 Å². The molecule has 0 bridgehead atoms. The SMILES string of the molecule is CCOc1ccc(NC(=S)N(CCO)Cc2cc3cc4c(cc3[nH]c2=O)OCO4)cc1. The Bertz CT molecular complexity index is 1150. The van der Waals surface area contributed by atoms with E-state index in [1.807, 2.05) is 37.3 Å². The summed E-state index contributed by atoms with van der Waals surface area (Å²) in [6.45, 7) is 3.10. The van der Waals surface area contributed by atoms with Crippen LogP contribution in [0.15, 0.2) is 47.3 Å². The second-order valence-corrected chi connectivity index (χ2v) is 7.34. The highest BCUT2D eigenvalue weighted by Gasteiger charge is 2.17. The Kier molecular flexibility index (Phi) is 6.24. The maximum Gasteiger partial charge on any atom is 0.253 e. The number of hydrogen-bond acceptors (Lipinski definition) is 6. The van der Waals surface area contributed by atoms with E-state index in [1.165, 1.54) is 0 Å². The molecule has 3 aromatic rings. The van der Waals surface area contributed by atoms with E-state index in [0.29, 0.717) is 34.3 Å². The van der Waals surface area contributed by atoms with Crippen molar-refractivity contribution >= 4 is 33.9 Å². The predicted octanol–water partition coefficient (Wildman–Crippen LogP) is 2.85. The number of thiocarbonyl (C=S) groups is 1. The summed E-state index contributed by atoms with van der Waals surface area (Å²) < 4.78 is 16.2. The van der Waals surface area contributed by atoms with E-state index in [9.17, 15) is 9.90 Å². The molecule has 0 radical (unpaired) electrons. The van der Waals surface area contributed by atoms with Gasteiger partial charge < -0.3 is 34.5 Å². The van der Waals surface area contributed by atoms with E-state index in [1.54, 1.807) is 17.0 Å². The molecule has 2 aromatic carbocycles. The number of rotatable bonds is 7. The molecule has 3 N–H and O–H groups in total. The summed E-state index contributed by atoms with van der Waals surface area (Å²) in [4.78, 5) is 17.3. The van der Waals surface area contributed by atoms with Crippen molar-refractivity contribution in [2.75, 3.05) is 31.9 Å². The summed E-state index contributed by atoms with van der Waals surface area (Å²) >= 11 is 5.53. The third-order valence-electron chi connectivity index (χ3n) is 4.85. The van der Waals surface area contributed by atoms with Crippen LogP contribution in [0.1, 0.15) is 12.5 Å². The van der Waals surface area contributed by atoms with Gasteiger partial charge in [0.2, 0.25) is 6.79 Å². The fourth-order valence-electron chi connectivity index (χ4n) is 3.34. The fourth-order valence-corrected chi connectivity index (χ4v) is 3.61. The van der Waals surface area contributed by atoms with Crippen LogP contribution in [0, 0.1) is 0 Å². The number of aliphatic hydroxyl groups is 1. The number of H-pyrrole nitrogens is 1. The highest BCUT2D eigenvalue weighted by molar-refractivity contribution is 7.80. The molecule has 4 rings (SSSR count). The molecule has 0 amide bonds. The van der Waals surface area contributed by atoms with Crippen molar-refractivity contribution < 1.29 is 19.3 Å². The maximum absolute atomic E-state index is 12.7. The van der Waals surface area contributed by atoms with Crippen LogP contribution in [0.5, 0.6) is 17.2 Å². The minimum absolute atomic E-state index is 0.102. The highest BCUT2D eigenvalue weighted by atomic mass is 32.1. The van der Waals surface area contributed by atoms with Crippen LogP contribution in [0.2, 0.25) is 0 Å². The quantitative estimate of drug-likeness (QED) is 0.482. The van der Waals surface area contributed by atoms with Crippen molar-refractivity contribution in [1.82, 2.24) is 9.88 Å². The summed E-state index contributed by atoms with van der Waals surface area (Å²) in [6.07, 6.45) is 0. The average Bonchev–Trinajstić information content (AvgIpc) is 3.21. The Balaban J connectivity index is 1.53. The van der Waals surface area contributed by atoms with Crippen LogP contribution in [-0.4, -0.2) is 46.7 Å². The van der Waals surface area contributed by atoms with Gasteiger partial charge in [0.25, 0.3) is 5.56 Å². The van der Waals surface area contributed by atoms with Gasteiger partial charge in [0.15, 0.2) is 16.6 Å². The molecular formula is C22H23N3O5S. The second-order valence-electron chi connectivity index (χ2n) is 6.95. The van der Waals surface area contributed by atoms with Gasteiger partial charge in [-0.2, -0.15) is 0 Å². The minimum Gasteiger partial charge on any atom is -0.494 e. The third-order valence-corrected chi connectivity index (χ3v) is 5.21. The van der Waals surface area contributed by atoms with E-state index < -0.39 is 0 Å². The van der Waals surface area contributed by atoms with Gasteiger partial charge in [-0.3, -0.25) is 4.79 Å². The first-order valence-electron chi connectivity index (χ1n) is 9.92. The molecule has 0 aliphatic carbocycles. The normalized spacial score (nSPS) is 12.1. The van der Waals surface area contributed by atoms with Crippen molar-refractivity contribution in [1.29, 1.82) is 0 Å². The molecule has 0 saturated carbocycles. The van der Waals surface area contributed by atoms with Crippen molar-refractivity contribution in [3.05, 3.63) is 58.4 Å². The molecule has 1 aromatic heterocycles. The van der Waals surface area contributed by atoms with Crippen molar-refractivity contribution in [2.45, 2.75) is 13.5 Å². The summed E-state index contributed by atoms with van der Waals surface area (Å²) in [6, 6.07) is 12.8. The van der Waals surface area contributed by atoms with Gasteiger partial charge in [0.1, 0.15) is 5.75 Å². The van der Waals surface area contributed by atoms with Gasteiger partial charge in [0, 0.05) is 29.2 Å². The smallest absolute Gasteiger partial charge is 0.253 e. The summed E-state index contributed by atoms with van der Waals surface area (Å²) in [5.74, 6) is 2.03. The van der Waals surface area contributed by atoms with Crippen LogP contribution in [-0.2, 0) is 6.54 Å². The summed E-state index contributed by atoms with van der Waals surface area (Å²) in [7, 11) is 0. The zero-order chi connectivity index (χ0) is 21.8. The van der Waals surface area contributed by atoms with Crippen molar-refractivity contribution in [2.24, 2.45) is 0 Å². The number of nitrogens with one attached hydrogen (secondary N) is 2. The lowest BCUT2D eigenvalue weighted by molar-refractivity contribution is 0.174. The van der Waals surface area contributed by atoms with Crippen LogP contribution in [0.25, 0.3) is 10.9 Å². The largest absolute Gasteiger partial charge is 0.494 e. The zero-order valence-corrected chi connectivity index (χ0v) is 17.8. The number of aliphatic hydroxyl groups excluding tert-OH is 1.